The van der Waals surface area contributed by atoms with E-state index in [1.54, 1.807) is 11.0 Å². The van der Waals surface area contributed by atoms with Gasteiger partial charge in [0.1, 0.15) is 0 Å². The number of halogens is 1. The monoisotopic (exact) mass is 265 g/mol. The van der Waals surface area contributed by atoms with Crippen LogP contribution < -0.4 is 4.74 Å². The van der Waals surface area contributed by atoms with Gasteiger partial charge in [0.15, 0.2) is 11.6 Å². The van der Waals surface area contributed by atoms with Crippen molar-refractivity contribution in [3.8, 4) is 5.75 Å². The number of ether oxygens (including phenoxy) is 1. The largest absolute Gasteiger partial charge is 0.423 e. The molecule has 1 amide bonds. The number of hydrogen-bond acceptors (Lipinski definition) is 3. The molecule has 0 atom stereocenters. The van der Waals surface area contributed by atoms with Gasteiger partial charge in [0.25, 0.3) is 0 Å². The van der Waals surface area contributed by atoms with Crippen LogP contribution in [0.1, 0.15) is 19.8 Å². The van der Waals surface area contributed by atoms with E-state index in [0.717, 1.165) is 0 Å². The van der Waals surface area contributed by atoms with Gasteiger partial charge in [0, 0.05) is 20.0 Å². The smallest absolute Gasteiger partial charge is 0.314 e. The number of likely N-dealkylation sites (tertiary alicyclic amines) is 1. The van der Waals surface area contributed by atoms with Crippen LogP contribution in [-0.4, -0.2) is 29.9 Å². The number of esters is 1. The summed E-state index contributed by atoms with van der Waals surface area (Å²) in [6, 6.07) is 5.83. The van der Waals surface area contributed by atoms with Crippen LogP contribution >= 0.6 is 0 Å². The second-order valence-electron chi connectivity index (χ2n) is 4.63. The number of hydrogen-bond donors (Lipinski definition) is 0. The van der Waals surface area contributed by atoms with Crippen molar-refractivity contribution in [2.24, 2.45) is 5.92 Å². The summed E-state index contributed by atoms with van der Waals surface area (Å²) < 4.78 is 18.4. The summed E-state index contributed by atoms with van der Waals surface area (Å²) in [5.41, 5.74) is 0. The Labute approximate surface area is 111 Å². The highest BCUT2D eigenvalue weighted by Crippen LogP contribution is 2.22. The van der Waals surface area contributed by atoms with E-state index in [1.807, 2.05) is 0 Å². The predicted octanol–water partition coefficient (Wildman–Crippen LogP) is 1.99. The summed E-state index contributed by atoms with van der Waals surface area (Å²) in [6.07, 6.45) is 1.12. The lowest BCUT2D eigenvalue weighted by atomic mass is 9.97. The predicted molar refractivity (Wildman–Crippen MR) is 67.0 cm³/mol. The SMILES string of the molecule is CC(=O)N1CCC(C(=O)Oc2ccccc2F)CC1. The fraction of sp³-hybridized carbons (Fsp3) is 0.429. The summed E-state index contributed by atoms with van der Waals surface area (Å²) in [5, 5.41) is 0. The van der Waals surface area contributed by atoms with E-state index in [1.165, 1.54) is 25.1 Å². The molecule has 1 aromatic rings. The minimum atomic E-state index is -0.544. The lowest BCUT2D eigenvalue weighted by Crippen LogP contribution is -2.40. The van der Waals surface area contributed by atoms with Crippen LogP contribution in [0.25, 0.3) is 0 Å². The molecule has 1 aliphatic heterocycles. The first-order valence-corrected chi connectivity index (χ1v) is 6.29. The van der Waals surface area contributed by atoms with E-state index in [9.17, 15) is 14.0 Å². The zero-order chi connectivity index (χ0) is 13.8. The van der Waals surface area contributed by atoms with Crippen molar-refractivity contribution in [1.29, 1.82) is 0 Å². The average molecular weight is 265 g/mol. The van der Waals surface area contributed by atoms with Crippen LogP contribution in [0.5, 0.6) is 5.75 Å². The molecule has 0 saturated carbocycles. The standard InChI is InChI=1S/C14H16FNO3/c1-10(17)16-8-6-11(7-9-16)14(18)19-13-5-3-2-4-12(13)15/h2-5,11H,6-9H2,1H3. The number of carbonyl (C=O) groups is 2. The normalized spacial score (nSPS) is 16.2. The van der Waals surface area contributed by atoms with Crippen molar-refractivity contribution in [3.05, 3.63) is 30.1 Å². The Hall–Kier alpha value is -1.91. The first-order chi connectivity index (χ1) is 9.08. The number of carbonyl (C=O) groups excluding carboxylic acids is 2. The molecule has 0 aromatic heterocycles. The fourth-order valence-corrected chi connectivity index (χ4v) is 2.15. The van der Waals surface area contributed by atoms with Gasteiger partial charge >= 0.3 is 5.97 Å². The molecule has 0 N–H and O–H groups in total. The van der Waals surface area contributed by atoms with Crippen LogP contribution in [0.2, 0.25) is 0 Å². The lowest BCUT2D eigenvalue weighted by molar-refractivity contribution is -0.143. The summed E-state index contributed by atoms with van der Waals surface area (Å²) in [6.45, 7) is 2.61. The summed E-state index contributed by atoms with van der Waals surface area (Å²) in [4.78, 5) is 24.8. The molecule has 0 radical (unpaired) electrons. The van der Waals surface area contributed by atoms with E-state index in [2.05, 4.69) is 0 Å². The molecule has 1 aromatic carbocycles. The molecule has 1 fully saturated rings. The number of para-hydroxylation sites is 1. The van der Waals surface area contributed by atoms with Gasteiger partial charge < -0.3 is 9.64 Å². The second-order valence-corrected chi connectivity index (χ2v) is 4.63. The van der Waals surface area contributed by atoms with E-state index in [4.69, 9.17) is 4.74 Å². The quantitative estimate of drug-likeness (QED) is 0.607. The molecule has 1 saturated heterocycles. The van der Waals surface area contributed by atoms with Gasteiger partial charge in [-0.1, -0.05) is 12.1 Å². The Morgan fingerprint density at radius 3 is 2.47 bits per heavy atom. The average Bonchev–Trinajstić information content (AvgIpc) is 2.41. The third-order valence-corrected chi connectivity index (χ3v) is 3.32. The minimum absolute atomic E-state index is 0.0147. The third kappa shape index (κ3) is 3.30. The lowest BCUT2D eigenvalue weighted by Gasteiger charge is -2.29. The number of piperidine rings is 1. The number of rotatable bonds is 2. The highest BCUT2D eigenvalue weighted by atomic mass is 19.1. The van der Waals surface area contributed by atoms with Gasteiger partial charge in [0.05, 0.1) is 5.92 Å². The van der Waals surface area contributed by atoms with Crippen molar-refractivity contribution >= 4 is 11.9 Å². The molecule has 0 unspecified atom stereocenters. The maximum Gasteiger partial charge on any atom is 0.314 e. The van der Waals surface area contributed by atoms with E-state index in [0.29, 0.717) is 25.9 Å². The van der Waals surface area contributed by atoms with E-state index < -0.39 is 11.8 Å². The number of amides is 1. The van der Waals surface area contributed by atoms with Gasteiger partial charge in [-0.3, -0.25) is 9.59 Å². The van der Waals surface area contributed by atoms with Crippen LogP contribution in [-0.2, 0) is 9.59 Å². The maximum atomic E-state index is 13.4. The van der Waals surface area contributed by atoms with Crippen LogP contribution in [0.4, 0.5) is 4.39 Å². The van der Waals surface area contributed by atoms with Crippen molar-refractivity contribution in [2.75, 3.05) is 13.1 Å². The van der Waals surface area contributed by atoms with Crippen molar-refractivity contribution in [2.45, 2.75) is 19.8 Å². The zero-order valence-electron chi connectivity index (χ0n) is 10.8. The summed E-state index contributed by atoms with van der Waals surface area (Å²) >= 11 is 0. The molecule has 0 aliphatic carbocycles. The number of benzene rings is 1. The molecule has 0 bridgehead atoms. The Kier molecular flexibility index (Phi) is 4.14. The number of nitrogens with zero attached hydrogens (tertiary/aromatic N) is 1. The minimum Gasteiger partial charge on any atom is -0.423 e. The first kappa shape index (κ1) is 13.5. The molecule has 102 valence electrons. The fourth-order valence-electron chi connectivity index (χ4n) is 2.15. The molecule has 0 spiro atoms. The van der Waals surface area contributed by atoms with E-state index in [-0.39, 0.29) is 17.6 Å². The van der Waals surface area contributed by atoms with Crippen molar-refractivity contribution in [3.63, 3.8) is 0 Å². The van der Waals surface area contributed by atoms with Gasteiger partial charge in [-0.25, -0.2) is 4.39 Å². The molecule has 5 heteroatoms. The highest BCUT2D eigenvalue weighted by molar-refractivity contribution is 5.76. The molecular formula is C14H16FNO3. The van der Waals surface area contributed by atoms with Crippen molar-refractivity contribution < 1.29 is 18.7 Å². The third-order valence-electron chi connectivity index (χ3n) is 3.32. The molecule has 2 rings (SSSR count). The molecule has 19 heavy (non-hydrogen) atoms. The highest BCUT2D eigenvalue weighted by Gasteiger charge is 2.27. The van der Waals surface area contributed by atoms with Gasteiger partial charge in [-0.05, 0) is 25.0 Å². The van der Waals surface area contributed by atoms with Crippen LogP contribution in [0.15, 0.2) is 24.3 Å². The summed E-state index contributed by atoms with van der Waals surface area (Å²) in [5.74, 6) is -1.26. The molecular weight excluding hydrogens is 249 g/mol. The zero-order valence-corrected chi connectivity index (χ0v) is 10.8. The Balaban J connectivity index is 1.92. The first-order valence-electron chi connectivity index (χ1n) is 6.29. The molecule has 1 heterocycles. The van der Waals surface area contributed by atoms with Gasteiger partial charge in [0.2, 0.25) is 5.91 Å². The van der Waals surface area contributed by atoms with Crippen LogP contribution in [0.3, 0.4) is 0 Å². The van der Waals surface area contributed by atoms with Crippen LogP contribution in [0, 0.1) is 11.7 Å². The van der Waals surface area contributed by atoms with Crippen molar-refractivity contribution in [1.82, 2.24) is 4.90 Å². The van der Waals surface area contributed by atoms with Gasteiger partial charge in [-0.2, -0.15) is 0 Å². The second kappa shape index (κ2) is 5.82. The Morgan fingerprint density at radius 1 is 1.26 bits per heavy atom. The summed E-state index contributed by atoms with van der Waals surface area (Å²) in [7, 11) is 0. The maximum absolute atomic E-state index is 13.4. The molecule has 4 nitrogen and oxygen atoms in total. The Morgan fingerprint density at radius 2 is 1.89 bits per heavy atom. The molecule has 1 aliphatic rings. The van der Waals surface area contributed by atoms with Gasteiger partial charge in [-0.15, -0.1) is 0 Å². The topological polar surface area (TPSA) is 46.6 Å². The Bertz CT molecular complexity index is 481. The van der Waals surface area contributed by atoms with E-state index >= 15 is 0 Å².